The molecule has 0 aliphatic carbocycles. The average molecular weight is 308 g/mol. The van der Waals surface area contributed by atoms with Crippen molar-refractivity contribution in [1.82, 2.24) is 14.9 Å². The van der Waals surface area contributed by atoms with Crippen molar-refractivity contribution in [2.45, 2.75) is 17.9 Å². The smallest absolute Gasteiger partial charge is 0.271 e. The zero-order chi connectivity index (χ0) is 15.6. The van der Waals surface area contributed by atoms with Crippen molar-refractivity contribution in [1.29, 1.82) is 0 Å². The summed E-state index contributed by atoms with van der Waals surface area (Å²) in [7, 11) is -1.93. The van der Waals surface area contributed by atoms with Gasteiger partial charge in [0, 0.05) is 13.2 Å². The maximum Gasteiger partial charge on any atom is 0.271 e. The van der Waals surface area contributed by atoms with Crippen LogP contribution in [-0.2, 0) is 17.1 Å². The first kappa shape index (κ1) is 15.2. The molecule has 1 atom stereocenters. The molecular weight excluding hydrogens is 292 g/mol. The van der Waals surface area contributed by atoms with Gasteiger partial charge in [-0.05, 0) is 24.6 Å². The number of hydrogen-bond donors (Lipinski definition) is 2. The van der Waals surface area contributed by atoms with E-state index in [1.54, 1.807) is 43.2 Å². The number of primary sulfonamides is 1. The highest BCUT2D eigenvalue weighted by Gasteiger charge is 2.14. The number of nitrogens with one attached hydrogen (secondary N) is 1. The molecule has 0 aliphatic heterocycles. The topological polar surface area (TPSA) is 107 Å². The summed E-state index contributed by atoms with van der Waals surface area (Å²) in [6, 6.07) is 5.77. The van der Waals surface area contributed by atoms with Gasteiger partial charge < -0.3 is 9.88 Å². The first-order chi connectivity index (χ1) is 9.77. The molecule has 3 N–H and O–H groups in total. The Labute approximate surface area is 122 Å². The standard InChI is InChI=1S/C13H16N4O3S/c1-9(16-13(18)12-7-17(2)8-15-12)10-3-5-11(6-4-10)21(14,19)20/h3-9H,1-2H3,(H,16,18)(H2,14,19,20). The van der Waals surface area contributed by atoms with Gasteiger partial charge in [-0.1, -0.05) is 12.1 Å². The third-order valence-electron chi connectivity index (χ3n) is 2.99. The predicted molar refractivity (Wildman–Crippen MR) is 76.9 cm³/mol. The number of aromatic nitrogens is 2. The number of amides is 1. The van der Waals surface area contributed by atoms with Crippen LogP contribution in [0, 0.1) is 0 Å². The Morgan fingerprint density at radius 2 is 1.95 bits per heavy atom. The van der Waals surface area contributed by atoms with E-state index in [1.807, 2.05) is 0 Å². The fourth-order valence-corrected chi connectivity index (χ4v) is 2.35. The summed E-state index contributed by atoms with van der Waals surface area (Å²) in [5.74, 6) is -0.293. The van der Waals surface area contributed by atoms with E-state index in [4.69, 9.17) is 5.14 Å². The van der Waals surface area contributed by atoms with Gasteiger partial charge in [0.25, 0.3) is 5.91 Å². The molecule has 8 heteroatoms. The molecule has 0 fully saturated rings. The maximum atomic E-state index is 12.0. The van der Waals surface area contributed by atoms with Crippen molar-refractivity contribution in [3.63, 3.8) is 0 Å². The number of carbonyl (C=O) groups is 1. The van der Waals surface area contributed by atoms with Gasteiger partial charge in [-0.15, -0.1) is 0 Å². The number of benzene rings is 1. The summed E-state index contributed by atoms with van der Waals surface area (Å²) in [5.41, 5.74) is 1.09. The summed E-state index contributed by atoms with van der Waals surface area (Å²) in [5, 5.41) is 7.82. The summed E-state index contributed by atoms with van der Waals surface area (Å²) >= 11 is 0. The van der Waals surface area contributed by atoms with Crippen LogP contribution in [0.3, 0.4) is 0 Å². The third-order valence-corrected chi connectivity index (χ3v) is 3.92. The first-order valence-electron chi connectivity index (χ1n) is 6.19. The second-order valence-electron chi connectivity index (χ2n) is 4.73. The van der Waals surface area contributed by atoms with E-state index in [9.17, 15) is 13.2 Å². The molecular formula is C13H16N4O3S. The molecule has 0 saturated heterocycles. The van der Waals surface area contributed by atoms with Crippen LogP contribution in [0.15, 0.2) is 41.7 Å². The van der Waals surface area contributed by atoms with Crippen LogP contribution in [0.5, 0.6) is 0 Å². The molecule has 112 valence electrons. The minimum atomic E-state index is -3.71. The van der Waals surface area contributed by atoms with Crippen LogP contribution in [0.2, 0.25) is 0 Å². The van der Waals surface area contributed by atoms with E-state index in [-0.39, 0.29) is 16.8 Å². The van der Waals surface area contributed by atoms with Crippen LogP contribution in [0.1, 0.15) is 29.0 Å². The normalized spacial score (nSPS) is 12.9. The van der Waals surface area contributed by atoms with Gasteiger partial charge in [-0.2, -0.15) is 0 Å². The number of rotatable bonds is 4. The number of hydrogen-bond acceptors (Lipinski definition) is 4. The van der Waals surface area contributed by atoms with Crippen molar-refractivity contribution < 1.29 is 13.2 Å². The number of nitrogens with zero attached hydrogens (tertiary/aromatic N) is 2. The van der Waals surface area contributed by atoms with Crippen LogP contribution < -0.4 is 10.5 Å². The zero-order valence-corrected chi connectivity index (χ0v) is 12.5. The minimum absolute atomic E-state index is 0.0366. The van der Waals surface area contributed by atoms with Gasteiger partial charge in [0.15, 0.2) is 0 Å². The van der Waals surface area contributed by atoms with Gasteiger partial charge in [0.1, 0.15) is 5.69 Å². The quantitative estimate of drug-likeness (QED) is 0.860. The molecule has 1 unspecified atom stereocenters. The zero-order valence-electron chi connectivity index (χ0n) is 11.6. The second-order valence-corrected chi connectivity index (χ2v) is 6.29. The molecule has 0 saturated carbocycles. The van der Waals surface area contributed by atoms with Crippen molar-refractivity contribution in [2.75, 3.05) is 0 Å². The largest absolute Gasteiger partial charge is 0.344 e. The molecule has 2 aromatic rings. The molecule has 0 bridgehead atoms. The lowest BCUT2D eigenvalue weighted by Gasteiger charge is -2.13. The van der Waals surface area contributed by atoms with Gasteiger partial charge >= 0.3 is 0 Å². The van der Waals surface area contributed by atoms with E-state index in [0.717, 1.165) is 5.56 Å². The van der Waals surface area contributed by atoms with Gasteiger partial charge in [-0.3, -0.25) is 4.79 Å². The highest BCUT2D eigenvalue weighted by atomic mass is 32.2. The maximum absolute atomic E-state index is 12.0. The van der Waals surface area contributed by atoms with Gasteiger partial charge in [0.05, 0.1) is 17.3 Å². The number of nitrogens with two attached hydrogens (primary N) is 1. The van der Waals surface area contributed by atoms with Gasteiger partial charge in [-0.25, -0.2) is 18.5 Å². The first-order valence-corrected chi connectivity index (χ1v) is 7.73. The Kier molecular flexibility index (Phi) is 4.10. The molecule has 1 amide bonds. The van der Waals surface area contributed by atoms with E-state index < -0.39 is 10.0 Å². The predicted octanol–water partition coefficient (Wildman–Crippen LogP) is 0.558. The molecule has 2 rings (SSSR count). The number of imidazole rings is 1. The van der Waals surface area contributed by atoms with Crippen molar-refractivity contribution >= 4 is 15.9 Å². The molecule has 1 aromatic heterocycles. The fourth-order valence-electron chi connectivity index (χ4n) is 1.83. The monoisotopic (exact) mass is 308 g/mol. The fraction of sp³-hybridized carbons (Fsp3) is 0.231. The Morgan fingerprint density at radius 1 is 1.33 bits per heavy atom. The van der Waals surface area contributed by atoms with Crippen LogP contribution in [0.25, 0.3) is 0 Å². The van der Waals surface area contributed by atoms with Crippen molar-refractivity contribution in [2.24, 2.45) is 12.2 Å². The van der Waals surface area contributed by atoms with E-state index >= 15 is 0 Å². The van der Waals surface area contributed by atoms with Crippen LogP contribution in [0.4, 0.5) is 0 Å². The molecule has 7 nitrogen and oxygen atoms in total. The SMILES string of the molecule is CC(NC(=O)c1cn(C)cn1)c1ccc(S(N)(=O)=O)cc1. The van der Waals surface area contributed by atoms with Crippen molar-refractivity contribution in [3.8, 4) is 0 Å². The average Bonchev–Trinajstić information content (AvgIpc) is 2.84. The van der Waals surface area contributed by atoms with E-state index in [2.05, 4.69) is 10.3 Å². The Bertz CT molecular complexity index is 750. The Balaban J connectivity index is 2.10. The lowest BCUT2D eigenvalue weighted by molar-refractivity contribution is 0.0935. The van der Waals surface area contributed by atoms with E-state index in [1.165, 1.54) is 12.1 Å². The third kappa shape index (κ3) is 3.67. The molecule has 1 aromatic carbocycles. The summed E-state index contributed by atoms with van der Waals surface area (Å²) < 4.78 is 24.0. The molecule has 1 heterocycles. The Morgan fingerprint density at radius 3 is 2.43 bits per heavy atom. The molecule has 0 aliphatic rings. The summed E-state index contributed by atoms with van der Waals surface area (Å²) in [6.07, 6.45) is 3.16. The van der Waals surface area contributed by atoms with E-state index in [0.29, 0.717) is 5.69 Å². The second kappa shape index (κ2) is 5.66. The molecule has 0 radical (unpaired) electrons. The Hall–Kier alpha value is -2.19. The number of carbonyl (C=O) groups excluding carboxylic acids is 1. The summed E-state index contributed by atoms with van der Waals surface area (Å²) in [6.45, 7) is 1.80. The lowest BCUT2D eigenvalue weighted by Crippen LogP contribution is -2.27. The van der Waals surface area contributed by atoms with Crippen molar-refractivity contribution in [3.05, 3.63) is 48.0 Å². The molecule has 21 heavy (non-hydrogen) atoms. The lowest BCUT2D eigenvalue weighted by atomic mass is 10.1. The molecule has 0 spiro atoms. The van der Waals surface area contributed by atoms with Crippen LogP contribution >= 0.6 is 0 Å². The highest BCUT2D eigenvalue weighted by molar-refractivity contribution is 7.89. The summed E-state index contributed by atoms with van der Waals surface area (Å²) in [4.78, 5) is 16.0. The minimum Gasteiger partial charge on any atom is -0.344 e. The highest BCUT2D eigenvalue weighted by Crippen LogP contribution is 2.15. The van der Waals surface area contributed by atoms with Gasteiger partial charge in [0.2, 0.25) is 10.0 Å². The number of aryl methyl sites for hydroxylation is 1. The number of sulfonamides is 1. The van der Waals surface area contributed by atoms with Crippen LogP contribution in [-0.4, -0.2) is 23.9 Å².